The minimum absolute atomic E-state index is 0.543. The van der Waals surface area contributed by atoms with Crippen LogP contribution in [-0.4, -0.2) is 16.1 Å². The molecule has 0 unspecified atom stereocenters. The molecule has 0 fully saturated rings. The molecule has 2 aromatic carbocycles. The standard InChI is InChI=1S/C20H17N3O2S/c1-12-2-6-15(7-3-12)21-20-22-19-16-8-4-13(5-9-18(24)23-25)10-14(16)11-17(19)26-20/h2-10,25H,11H2,1H3,(H,21,22)(H,23,24)/b9-5+. The van der Waals surface area contributed by atoms with Gasteiger partial charge in [0.05, 0.1) is 5.69 Å². The molecule has 1 heterocycles. The van der Waals surface area contributed by atoms with Crippen LogP contribution in [0.3, 0.4) is 0 Å². The van der Waals surface area contributed by atoms with Gasteiger partial charge in [-0.2, -0.15) is 0 Å². The van der Waals surface area contributed by atoms with Gasteiger partial charge in [0, 0.05) is 28.6 Å². The van der Waals surface area contributed by atoms with Crippen LogP contribution < -0.4 is 10.8 Å². The van der Waals surface area contributed by atoms with Crippen molar-refractivity contribution in [3.8, 4) is 11.3 Å². The van der Waals surface area contributed by atoms with E-state index in [4.69, 9.17) is 10.2 Å². The number of benzene rings is 2. The van der Waals surface area contributed by atoms with Crippen molar-refractivity contribution in [3.05, 3.63) is 70.1 Å². The number of hydrogen-bond donors (Lipinski definition) is 3. The van der Waals surface area contributed by atoms with Gasteiger partial charge >= 0.3 is 0 Å². The average molecular weight is 363 g/mol. The molecule has 4 rings (SSSR count). The summed E-state index contributed by atoms with van der Waals surface area (Å²) in [4.78, 5) is 17.1. The van der Waals surface area contributed by atoms with Crippen LogP contribution in [0.25, 0.3) is 17.3 Å². The highest BCUT2D eigenvalue weighted by atomic mass is 32.1. The molecular weight excluding hydrogens is 346 g/mol. The third-order valence-electron chi connectivity index (χ3n) is 4.27. The summed E-state index contributed by atoms with van der Waals surface area (Å²) < 4.78 is 0. The van der Waals surface area contributed by atoms with Gasteiger partial charge in [-0.15, -0.1) is 11.3 Å². The van der Waals surface area contributed by atoms with Gasteiger partial charge in [-0.1, -0.05) is 35.9 Å². The first-order chi connectivity index (χ1) is 12.6. The van der Waals surface area contributed by atoms with E-state index < -0.39 is 5.91 Å². The monoisotopic (exact) mass is 363 g/mol. The van der Waals surface area contributed by atoms with Gasteiger partial charge in [0.1, 0.15) is 0 Å². The van der Waals surface area contributed by atoms with E-state index in [0.717, 1.165) is 34.1 Å². The predicted octanol–water partition coefficient (Wildman–Crippen LogP) is 4.28. The molecule has 5 nitrogen and oxygen atoms in total. The first-order valence-corrected chi connectivity index (χ1v) is 9.03. The van der Waals surface area contributed by atoms with Crippen LogP contribution in [0.15, 0.2) is 48.5 Å². The van der Waals surface area contributed by atoms with Gasteiger partial charge in [-0.25, -0.2) is 10.5 Å². The van der Waals surface area contributed by atoms with Gasteiger partial charge < -0.3 is 5.32 Å². The molecule has 0 radical (unpaired) electrons. The Labute approximate surface area is 155 Å². The number of thiazole rings is 1. The Balaban J connectivity index is 1.55. The molecule has 1 aliphatic rings. The van der Waals surface area contributed by atoms with Crippen LogP contribution in [0.2, 0.25) is 0 Å². The van der Waals surface area contributed by atoms with E-state index in [9.17, 15) is 4.79 Å². The number of carbonyl (C=O) groups excluding carboxylic acids is 1. The fraction of sp³-hybridized carbons (Fsp3) is 0.100. The van der Waals surface area contributed by atoms with Crippen LogP contribution in [-0.2, 0) is 11.2 Å². The first kappa shape index (κ1) is 16.5. The minimum Gasteiger partial charge on any atom is -0.332 e. The summed E-state index contributed by atoms with van der Waals surface area (Å²) in [6.07, 6.45) is 3.82. The molecule has 1 amide bonds. The summed E-state index contributed by atoms with van der Waals surface area (Å²) in [5.41, 5.74) is 8.13. The smallest absolute Gasteiger partial charge is 0.267 e. The lowest BCUT2D eigenvalue weighted by atomic mass is 10.1. The lowest BCUT2D eigenvalue weighted by Gasteiger charge is -2.04. The molecule has 0 atom stereocenters. The van der Waals surface area contributed by atoms with Crippen LogP contribution in [0.4, 0.5) is 10.8 Å². The highest BCUT2D eigenvalue weighted by molar-refractivity contribution is 7.16. The van der Waals surface area contributed by atoms with Gasteiger partial charge in [0.25, 0.3) is 5.91 Å². The number of nitrogens with one attached hydrogen (secondary N) is 2. The number of anilines is 2. The number of rotatable bonds is 4. The number of fused-ring (bicyclic) bond motifs is 3. The number of amides is 1. The van der Waals surface area contributed by atoms with Crippen molar-refractivity contribution in [3.63, 3.8) is 0 Å². The number of carbonyl (C=O) groups is 1. The maximum absolute atomic E-state index is 11.1. The van der Waals surface area contributed by atoms with Crippen molar-refractivity contribution in [1.82, 2.24) is 10.5 Å². The molecule has 1 aromatic heterocycles. The van der Waals surface area contributed by atoms with E-state index in [1.807, 2.05) is 12.1 Å². The second kappa shape index (κ2) is 6.74. The molecule has 1 aliphatic carbocycles. The SMILES string of the molecule is Cc1ccc(Nc2nc3c(s2)Cc2cc(/C=C/C(=O)NO)ccc2-3)cc1. The largest absolute Gasteiger partial charge is 0.332 e. The Morgan fingerprint density at radius 1 is 1.23 bits per heavy atom. The van der Waals surface area contributed by atoms with Gasteiger partial charge in [-0.05, 0) is 36.3 Å². The second-order valence-corrected chi connectivity index (χ2v) is 7.27. The summed E-state index contributed by atoms with van der Waals surface area (Å²) in [7, 11) is 0. The van der Waals surface area contributed by atoms with E-state index in [2.05, 4.69) is 42.6 Å². The molecule has 26 heavy (non-hydrogen) atoms. The third kappa shape index (κ3) is 3.24. The van der Waals surface area contributed by atoms with Crippen molar-refractivity contribution in [2.75, 3.05) is 5.32 Å². The zero-order valence-electron chi connectivity index (χ0n) is 14.1. The summed E-state index contributed by atoms with van der Waals surface area (Å²) in [6, 6.07) is 14.3. The van der Waals surface area contributed by atoms with E-state index in [1.165, 1.54) is 22.1 Å². The number of nitrogens with zero attached hydrogens (tertiary/aromatic N) is 1. The van der Waals surface area contributed by atoms with E-state index in [-0.39, 0.29) is 0 Å². The van der Waals surface area contributed by atoms with Crippen molar-refractivity contribution < 1.29 is 10.0 Å². The second-order valence-electron chi connectivity index (χ2n) is 6.18. The minimum atomic E-state index is -0.543. The van der Waals surface area contributed by atoms with E-state index >= 15 is 0 Å². The highest BCUT2D eigenvalue weighted by Crippen LogP contribution is 2.42. The van der Waals surface area contributed by atoms with E-state index in [1.54, 1.807) is 22.9 Å². The fourth-order valence-electron chi connectivity index (χ4n) is 2.97. The summed E-state index contributed by atoms with van der Waals surface area (Å²) in [5.74, 6) is -0.543. The molecule has 130 valence electrons. The Morgan fingerprint density at radius 2 is 2.04 bits per heavy atom. The van der Waals surface area contributed by atoms with Crippen LogP contribution in [0.1, 0.15) is 21.6 Å². The van der Waals surface area contributed by atoms with Crippen molar-refractivity contribution in [1.29, 1.82) is 0 Å². The van der Waals surface area contributed by atoms with Gasteiger partial charge in [0.15, 0.2) is 5.13 Å². The van der Waals surface area contributed by atoms with Crippen molar-refractivity contribution >= 4 is 34.1 Å². The Hall–Kier alpha value is -2.96. The Morgan fingerprint density at radius 3 is 2.81 bits per heavy atom. The first-order valence-electron chi connectivity index (χ1n) is 8.21. The number of hydroxylamine groups is 1. The highest BCUT2D eigenvalue weighted by Gasteiger charge is 2.23. The maximum Gasteiger partial charge on any atom is 0.267 e. The molecule has 0 saturated carbocycles. The predicted molar refractivity (Wildman–Crippen MR) is 104 cm³/mol. The van der Waals surface area contributed by atoms with Crippen molar-refractivity contribution in [2.45, 2.75) is 13.3 Å². The maximum atomic E-state index is 11.1. The number of aromatic nitrogens is 1. The molecule has 0 aliphatic heterocycles. The Kier molecular flexibility index (Phi) is 4.28. The summed E-state index contributed by atoms with van der Waals surface area (Å²) in [6.45, 7) is 2.07. The lowest BCUT2D eigenvalue weighted by Crippen LogP contribution is -2.14. The lowest BCUT2D eigenvalue weighted by molar-refractivity contribution is -0.124. The molecule has 3 N–H and O–H groups in total. The Bertz CT molecular complexity index is 1010. The number of hydrogen-bond acceptors (Lipinski definition) is 5. The topological polar surface area (TPSA) is 74.2 Å². The number of aryl methyl sites for hydroxylation is 1. The van der Waals surface area contributed by atoms with Crippen LogP contribution >= 0.6 is 11.3 Å². The molecular formula is C20H17N3O2S. The summed E-state index contributed by atoms with van der Waals surface area (Å²) in [5, 5.41) is 12.8. The quantitative estimate of drug-likeness (QED) is 0.287. The molecule has 3 aromatic rings. The third-order valence-corrected chi connectivity index (χ3v) is 5.24. The molecule has 6 heteroatoms. The van der Waals surface area contributed by atoms with Crippen LogP contribution in [0.5, 0.6) is 0 Å². The zero-order chi connectivity index (χ0) is 18.1. The van der Waals surface area contributed by atoms with E-state index in [0.29, 0.717) is 0 Å². The van der Waals surface area contributed by atoms with Crippen LogP contribution in [0, 0.1) is 6.92 Å². The average Bonchev–Trinajstić information content (AvgIpc) is 3.18. The van der Waals surface area contributed by atoms with Crippen molar-refractivity contribution in [2.24, 2.45) is 0 Å². The molecule has 0 bridgehead atoms. The van der Waals surface area contributed by atoms with Gasteiger partial charge in [0.2, 0.25) is 0 Å². The molecule has 0 saturated heterocycles. The molecule has 0 spiro atoms. The fourth-order valence-corrected chi connectivity index (χ4v) is 3.99. The normalized spacial score (nSPS) is 12.1. The van der Waals surface area contributed by atoms with Gasteiger partial charge in [-0.3, -0.25) is 10.0 Å². The summed E-state index contributed by atoms with van der Waals surface area (Å²) >= 11 is 1.67. The zero-order valence-corrected chi connectivity index (χ0v) is 14.9.